The lowest BCUT2D eigenvalue weighted by molar-refractivity contribution is 0.0357. The number of nitrogens with zero attached hydrogens (tertiary/aromatic N) is 5. The van der Waals surface area contributed by atoms with Crippen LogP contribution in [0.15, 0.2) is 79.1 Å². The molecule has 0 aliphatic carbocycles. The van der Waals surface area contributed by atoms with Crippen molar-refractivity contribution in [3.05, 3.63) is 90.5 Å². The maximum Gasteiger partial charge on any atom is 0.275 e. The zero-order valence-electron chi connectivity index (χ0n) is 28.1. The summed E-state index contributed by atoms with van der Waals surface area (Å²) >= 11 is 0. The highest BCUT2D eigenvalue weighted by atomic mass is 16.5. The lowest BCUT2D eigenvalue weighted by Gasteiger charge is -2.42. The van der Waals surface area contributed by atoms with E-state index in [9.17, 15) is 4.79 Å². The van der Waals surface area contributed by atoms with Gasteiger partial charge in [-0.2, -0.15) is 0 Å². The van der Waals surface area contributed by atoms with E-state index in [0.29, 0.717) is 47.0 Å². The largest absolute Gasteiger partial charge is 0.493 e. The highest BCUT2D eigenvalue weighted by Gasteiger charge is 2.35. The molecule has 5 aromatic rings. The molecule has 256 valence electrons. The molecule has 4 aliphatic heterocycles. The molecule has 2 fully saturated rings. The van der Waals surface area contributed by atoms with E-state index in [1.165, 1.54) is 5.69 Å². The van der Waals surface area contributed by atoms with Gasteiger partial charge in [-0.05, 0) is 55.2 Å². The highest BCUT2D eigenvalue weighted by molar-refractivity contribution is 6.04. The standard InChI is InChI=1S/C39H40N6O5/c1-47-34-23-30-31(24-35(34)49-19-5-14-44-17-20-48-21-18-44)40-13-10-33(30)50-28-8-9-36(41-25-28)43-39(46)32-22-29(26-6-3-2-4-7-26)38-37(42-32)27-11-15-45(38)16-12-27/h2-4,6-10,13,22-25,27H,5,11-12,14-21H2,1H3,(H,41,43,46). The molecule has 0 atom stereocenters. The molecule has 1 N–H and O–H groups in total. The van der Waals surface area contributed by atoms with Crippen LogP contribution in [0.1, 0.15) is 41.4 Å². The Balaban J connectivity index is 0.958. The van der Waals surface area contributed by atoms with E-state index >= 15 is 0 Å². The maximum atomic E-state index is 13.6. The van der Waals surface area contributed by atoms with Gasteiger partial charge in [0.15, 0.2) is 11.5 Å². The van der Waals surface area contributed by atoms with Crippen LogP contribution in [0.3, 0.4) is 0 Å². The molecule has 2 saturated heterocycles. The molecule has 2 aromatic carbocycles. The Morgan fingerprint density at radius 1 is 0.940 bits per heavy atom. The minimum Gasteiger partial charge on any atom is -0.493 e. The van der Waals surface area contributed by atoms with Crippen LogP contribution in [-0.2, 0) is 4.74 Å². The Hall–Kier alpha value is -5.26. The quantitative estimate of drug-likeness (QED) is 0.155. The van der Waals surface area contributed by atoms with E-state index < -0.39 is 0 Å². The lowest BCUT2D eigenvalue weighted by Crippen LogP contribution is -2.40. The van der Waals surface area contributed by atoms with Gasteiger partial charge in [0.05, 0.1) is 50.0 Å². The molecule has 0 unspecified atom stereocenters. The smallest absolute Gasteiger partial charge is 0.275 e. The molecule has 0 radical (unpaired) electrons. The number of anilines is 2. The van der Waals surface area contributed by atoms with Crippen molar-refractivity contribution in [2.75, 3.05) is 69.9 Å². The van der Waals surface area contributed by atoms with Gasteiger partial charge in [-0.15, -0.1) is 0 Å². The fraction of sp³-hybridized carbons (Fsp3) is 0.333. The SMILES string of the molecule is COc1cc2c(Oc3ccc(NC(=O)c4cc(-c5ccccc5)c5c(n4)C4CCN5CC4)nc3)ccnc2cc1OCCCN1CCOCC1. The minimum atomic E-state index is -0.297. The van der Waals surface area contributed by atoms with E-state index in [-0.39, 0.29) is 5.91 Å². The predicted octanol–water partition coefficient (Wildman–Crippen LogP) is 6.54. The molecule has 7 heterocycles. The molecule has 0 spiro atoms. The predicted molar refractivity (Wildman–Crippen MR) is 192 cm³/mol. The second-order valence-corrected chi connectivity index (χ2v) is 12.8. The molecular formula is C39H40N6O5. The van der Waals surface area contributed by atoms with Gasteiger partial charge in [-0.3, -0.25) is 14.7 Å². The number of aromatic nitrogens is 3. The Labute approximate surface area is 291 Å². The molecular weight excluding hydrogens is 632 g/mol. The Morgan fingerprint density at radius 3 is 2.56 bits per heavy atom. The number of amides is 1. The number of fused-ring (bicyclic) bond motifs is 3. The van der Waals surface area contributed by atoms with Crippen LogP contribution in [0.4, 0.5) is 11.5 Å². The molecule has 4 aliphatic rings. The Kier molecular flexibility index (Phi) is 9.15. The van der Waals surface area contributed by atoms with Crippen molar-refractivity contribution < 1.29 is 23.7 Å². The van der Waals surface area contributed by atoms with Crippen molar-refractivity contribution in [1.82, 2.24) is 19.9 Å². The third-order valence-corrected chi connectivity index (χ3v) is 9.71. The summed E-state index contributed by atoms with van der Waals surface area (Å²) in [5.74, 6) is 2.84. The van der Waals surface area contributed by atoms with Crippen LogP contribution < -0.4 is 24.4 Å². The zero-order valence-corrected chi connectivity index (χ0v) is 28.1. The van der Waals surface area contributed by atoms with Crippen LogP contribution in [0, 0.1) is 0 Å². The topological polar surface area (TPSA) is 111 Å². The van der Waals surface area contributed by atoms with Crippen molar-refractivity contribution in [1.29, 1.82) is 0 Å². The van der Waals surface area contributed by atoms with Crippen molar-refractivity contribution in [2.45, 2.75) is 25.2 Å². The average Bonchev–Trinajstić information content (AvgIpc) is 3.18. The van der Waals surface area contributed by atoms with E-state index in [4.69, 9.17) is 23.9 Å². The van der Waals surface area contributed by atoms with Gasteiger partial charge in [0.1, 0.15) is 23.0 Å². The number of piperidine rings is 1. The summed E-state index contributed by atoms with van der Waals surface area (Å²) in [6.07, 6.45) is 6.32. The monoisotopic (exact) mass is 672 g/mol. The van der Waals surface area contributed by atoms with Gasteiger partial charge >= 0.3 is 0 Å². The number of pyridine rings is 3. The van der Waals surface area contributed by atoms with Gasteiger partial charge in [-0.1, -0.05) is 30.3 Å². The minimum absolute atomic E-state index is 0.297. The highest BCUT2D eigenvalue weighted by Crippen LogP contribution is 2.46. The number of benzene rings is 2. The van der Waals surface area contributed by atoms with Crippen LogP contribution in [0.5, 0.6) is 23.0 Å². The number of rotatable bonds is 11. The number of ether oxygens (including phenoxy) is 4. The first kappa shape index (κ1) is 32.0. The lowest BCUT2D eigenvalue weighted by atomic mass is 9.83. The molecule has 11 nitrogen and oxygen atoms in total. The van der Waals surface area contributed by atoms with E-state index in [1.54, 1.807) is 37.7 Å². The molecule has 50 heavy (non-hydrogen) atoms. The number of morpholine rings is 1. The van der Waals surface area contributed by atoms with Crippen molar-refractivity contribution in [2.24, 2.45) is 0 Å². The number of methoxy groups -OCH3 is 1. The van der Waals surface area contributed by atoms with Crippen LogP contribution in [0.2, 0.25) is 0 Å². The first-order valence-corrected chi connectivity index (χ1v) is 17.3. The first-order chi connectivity index (χ1) is 24.6. The van der Waals surface area contributed by atoms with E-state index in [1.807, 2.05) is 36.4 Å². The van der Waals surface area contributed by atoms with E-state index in [2.05, 4.69) is 37.2 Å². The normalized spacial score (nSPS) is 15.9. The molecule has 2 bridgehead atoms. The third kappa shape index (κ3) is 6.66. The first-order valence-electron chi connectivity index (χ1n) is 17.3. The van der Waals surface area contributed by atoms with Gasteiger partial charge in [0, 0.05) is 61.9 Å². The maximum absolute atomic E-state index is 13.6. The molecule has 9 rings (SSSR count). The molecule has 0 saturated carbocycles. The second kappa shape index (κ2) is 14.3. The average molecular weight is 673 g/mol. The number of hydrogen-bond donors (Lipinski definition) is 1. The molecule has 3 aromatic heterocycles. The van der Waals surface area contributed by atoms with Gasteiger partial charge in [0.2, 0.25) is 0 Å². The summed E-state index contributed by atoms with van der Waals surface area (Å²) in [6.45, 7) is 7.08. The molecule has 11 heteroatoms. The van der Waals surface area contributed by atoms with E-state index in [0.717, 1.165) is 92.9 Å². The zero-order chi connectivity index (χ0) is 33.9. The summed E-state index contributed by atoms with van der Waals surface area (Å²) in [5, 5.41) is 3.72. The van der Waals surface area contributed by atoms with Crippen LogP contribution in [-0.4, -0.2) is 85.4 Å². The van der Waals surface area contributed by atoms with Crippen LogP contribution >= 0.6 is 0 Å². The summed E-state index contributed by atoms with van der Waals surface area (Å²) in [4.78, 5) is 32.3. The van der Waals surface area contributed by atoms with Crippen LogP contribution in [0.25, 0.3) is 22.0 Å². The Bertz CT molecular complexity index is 1980. The third-order valence-electron chi connectivity index (χ3n) is 9.71. The summed E-state index contributed by atoms with van der Waals surface area (Å²) in [7, 11) is 1.62. The fourth-order valence-electron chi connectivity index (χ4n) is 7.11. The summed E-state index contributed by atoms with van der Waals surface area (Å²) in [5.41, 5.74) is 5.42. The number of carbonyl (C=O) groups is 1. The number of carbonyl (C=O) groups excluding carboxylic acids is 1. The van der Waals surface area contributed by atoms with Crippen molar-refractivity contribution in [3.8, 4) is 34.1 Å². The summed E-state index contributed by atoms with van der Waals surface area (Å²) in [6, 6.07) is 21.2. The number of hydrogen-bond acceptors (Lipinski definition) is 10. The number of nitrogens with one attached hydrogen (secondary N) is 1. The van der Waals surface area contributed by atoms with Gasteiger partial charge in [0.25, 0.3) is 5.91 Å². The molecule has 1 amide bonds. The summed E-state index contributed by atoms with van der Waals surface area (Å²) < 4.78 is 23.5. The Morgan fingerprint density at radius 2 is 1.78 bits per heavy atom. The van der Waals surface area contributed by atoms with Gasteiger partial charge in [-0.25, -0.2) is 9.97 Å². The fourth-order valence-corrected chi connectivity index (χ4v) is 7.11. The second-order valence-electron chi connectivity index (χ2n) is 12.8. The van der Waals surface area contributed by atoms with Gasteiger partial charge < -0.3 is 29.2 Å². The van der Waals surface area contributed by atoms with Crippen molar-refractivity contribution >= 4 is 28.3 Å². The van der Waals surface area contributed by atoms with Crippen molar-refractivity contribution in [3.63, 3.8) is 0 Å².